The maximum atomic E-state index is 12.9. The smallest absolute Gasteiger partial charge is 0.327 e. The van der Waals surface area contributed by atoms with Gasteiger partial charge in [0.2, 0.25) is 0 Å². The number of ether oxygens (including phenoxy) is 1. The van der Waals surface area contributed by atoms with Gasteiger partial charge in [0.1, 0.15) is 10.5 Å². The lowest BCUT2D eigenvalue weighted by atomic mass is 9.86. The Hall–Kier alpha value is -2.29. The van der Waals surface area contributed by atoms with Crippen LogP contribution in [0.1, 0.15) is 17.7 Å². The van der Waals surface area contributed by atoms with E-state index in [-0.39, 0.29) is 11.9 Å². The molecule has 0 radical (unpaired) electrons. The number of likely N-dealkylation sites (N-methyl/N-ethyl adjacent to an activating group) is 1. The SMILES string of the molecule is COCCN1C(=O)N(C)C(=O)C12CCN(Cc1cnc(-c3ccccc3)s1)CC2. The molecule has 1 spiro atoms. The van der Waals surface area contributed by atoms with Crippen molar-refractivity contribution in [3.63, 3.8) is 0 Å². The zero-order valence-corrected chi connectivity index (χ0v) is 17.7. The fourth-order valence-electron chi connectivity index (χ4n) is 4.25. The molecule has 0 atom stereocenters. The monoisotopic (exact) mass is 414 g/mol. The van der Waals surface area contributed by atoms with Gasteiger partial charge in [-0.2, -0.15) is 0 Å². The predicted molar refractivity (Wildman–Crippen MR) is 112 cm³/mol. The summed E-state index contributed by atoms with van der Waals surface area (Å²) in [4.78, 5) is 36.6. The molecule has 0 N–H and O–H groups in total. The molecule has 2 aromatic rings. The minimum atomic E-state index is -0.718. The third-order valence-electron chi connectivity index (χ3n) is 5.89. The molecule has 2 saturated heterocycles. The summed E-state index contributed by atoms with van der Waals surface area (Å²) in [6.07, 6.45) is 3.24. The number of nitrogens with zero attached hydrogens (tertiary/aromatic N) is 4. The normalized spacial score (nSPS) is 19.5. The number of rotatable bonds is 6. The van der Waals surface area contributed by atoms with Crippen LogP contribution >= 0.6 is 11.3 Å². The van der Waals surface area contributed by atoms with E-state index in [4.69, 9.17) is 4.74 Å². The fraction of sp³-hybridized carbons (Fsp3) is 0.476. The highest BCUT2D eigenvalue weighted by Crippen LogP contribution is 2.37. The molecule has 1 aromatic carbocycles. The predicted octanol–water partition coefficient (Wildman–Crippen LogP) is 2.69. The Morgan fingerprint density at radius 1 is 1.17 bits per heavy atom. The molecular formula is C21H26N4O3S. The lowest BCUT2D eigenvalue weighted by Crippen LogP contribution is -2.57. The van der Waals surface area contributed by atoms with Crippen LogP contribution in [0, 0.1) is 0 Å². The molecule has 3 amide bonds. The highest BCUT2D eigenvalue weighted by Gasteiger charge is 2.56. The Labute approximate surface area is 174 Å². The van der Waals surface area contributed by atoms with Crippen LogP contribution in [0.5, 0.6) is 0 Å². The highest BCUT2D eigenvalue weighted by atomic mass is 32.1. The molecule has 0 bridgehead atoms. The lowest BCUT2D eigenvalue weighted by Gasteiger charge is -2.42. The molecule has 2 fully saturated rings. The Bertz CT molecular complexity index is 877. The Morgan fingerprint density at radius 2 is 1.90 bits per heavy atom. The van der Waals surface area contributed by atoms with Crippen molar-refractivity contribution in [2.24, 2.45) is 0 Å². The number of imide groups is 1. The molecule has 0 unspecified atom stereocenters. The number of amides is 3. The van der Waals surface area contributed by atoms with Crippen LogP contribution in [0.25, 0.3) is 10.6 Å². The number of thiazole rings is 1. The van der Waals surface area contributed by atoms with E-state index >= 15 is 0 Å². The minimum absolute atomic E-state index is 0.0811. The molecule has 154 valence electrons. The molecule has 3 heterocycles. The second-order valence-electron chi connectivity index (χ2n) is 7.60. The molecule has 29 heavy (non-hydrogen) atoms. The molecule has 1 aromatic heterocycles. The molecule has 2 aliphatic rings. The summed E-state index contributed by atoms with van der Waals surface area (Å²) in [7, 11) is 3.19. The number of benzene rings is 1. The first kappa shape index (κ1) is 20.0. The van der Waals surface area contributed by atoms with Gasteiger partial charge in [-0.25, -0.2) is 9.78 Å². The largest absolute Gasteiger partial charge is 0.383 e. The van der Waals surface area contributed by atoms with Crippen LogP contribution in [0.3, 0.4) is 0 Å². The van der Waals surface area contributed by atoms with Crippen molar-refractivity contribution in [1.82, 2.24) is 19.7 Å². The van der Waals surface area contributed by atoms with Crippen molar-refractivity contribution >= 4 is 23.3 Å². The van der Waals surface area contributed by atoms with E-state index in [9.17, 15) is 9.59 Å². The highest BCUT2D eigenvalue weighted by molar-refractivity contribution is 7.15. The summed E-state index contributed by atoms with van der Waals surface area (Å²) < 4.78 is 5.16. The quantitative estimate of drug-likeness (QED) is 0.680. The zero-order valence-electron chi connectivity index (χ0n) is 16.8. The van der Waals surface area contributed by atoms with Gasteiger partial charge < -0.3 is 9.64 Å². The topological polar surface area (TPSA) is 66.0 Å². The van der Waals surface area contributed by atoms with Crippen molar-refractivity contribution in [2.75, 3.05) is 40.4 Å². The van der Waals surface area contributed by atoms with E-state index in [1.165, 1.54) is 9.78 Å². The van der Waals surface area contributed by atoms with Crippen LogP contribution in [0.2, 0.25) is 0 Å². The Kier molecular flexibility index (Phi) is 5.67. The molecule has 8 heteroatoms. The number of carbonyl (C=O) groups is 2. The molecule has 2 aliphatic heterocycles. The first-order valence-corrected chi connectivity index (χ1v) is 10.7. The average molecular weight is 415 g/mol. The third-order valence-corrected chi connectivity index (χ3v) is 6.92. The summed E-state index contributed by atoms with van der Waals surface area (Å²) in [5, 5.41) is 1.03. The number of carbonyl (C=O) groups excluding carboxylic acids is 2. The van der Waals surface area contributed by atoms with Crippen LogP contribution in [0.4, 0.5) is 4.79 Å². The van der Waals surface area contributed by atoms with Gasteiger partial charge >= 0.3 is 6.03 Å². The summed E-state index contributed by atoms with van der Waals surface area (Å²) >= 11 is 1.71. The maximum Gasteiger partial charge on any atom is 0.327 e. The second kappa shape index (κ2) is 8.22. The molecule has 0 aliphatic carbocycles. The van der Waals surface area contributed by atoms with Gasteiger partial charge in [-0.1, -0.05) is 30.3 Å². The maximum absolute atomic E-state index is 12.9. The lowest BCUT2D eigenvalue weighted by molar-refractivity contribution is -0.135. The van der Waals surface area contributed by atoms with Gasteiger partial charge in [-0.3, -0.25) is 14.6 Å². The van der Waals surface area contributed by atoms with Gasteiger partial charge in [0, 0.05) is 57.0 Å². The Balaban J connectivity index is 1.42. The van der Waals surface area contributed by atoms with Gasteiger partial charge in [-0.05, 0) is 12.8 Å². The summed E-state index contributed by atoms with van der Waals surface area (Å²) in [6, 6.07) is 9.97. The number of urea groups is 1. The summed E-state index contributed by atoms with van der Waals surface area (Å²) in [5.41, 5.74) is 0.414. The van der Waals surface area contributed by atoms with E-state index in [1.807, 2.05) is 24.4 Å². The van der Waals surface area contributed by atoms with Crippen LogP contribution in [0.15, 0.2) is 36.5 Å². The molecule has 0 saturated carbocycles. The van der Waals surface area contributed by atoms with E-state index in [1.54, 1.807) is 30.4 Å². The van der Waals surface area contributed by atoms with Gasteiger partial charge in [0.05, 0.1) is 6.61 Å². The number of methoxy groups -OCH3 is 1. The number of aromatic nitrogens is 1. The van der Waals surface area contributed by atoms with E-state index in [0.29, 0.717) is 26.0 Å². The van der Waals surface area contributed by atoms with Crippen molar-refractivity contribution in [3.8, 4) is 10.6 Å². The minimum Gasteiger partial charge on any atom is -0.383 e. The van der Waals surface area contributed by atoms with Gasteiger partial charge in [0.15, 0.2) is 0 Å². The fourth-order valence-corrected chi connectivity index (χ4v) is 5.21. The number of hydrogen-bond donors (Lipinski definition) is 0. The first-order valence-electron chi connectivity index (χ1n) is 9.86. The van der Waals surface area contributed by atoms with Crippen molar-refractivity contribution in [3.05, 3.63) is 41.4 Å². The van der Waals surface area contributed by atoms with Crippen LogP contribution in [-0.4, -0.2) is 77.6 Å². The van der Waals surface area contributed by atoms with E-state index < -0.39 is 5.54 Å². The molecule has 7 nitrogen and oxygen atoms in total. The van der Waals surface area contributed by atoms with Crippen molar-refractivity contribution < 1.29 is 14.3 Å². The average Bonchev–Trinajstić information content (AvgIpc) is 3.28. The third kappa shape index (κ3) is 3.68. The summed E-state index contributed by atoms with van der Waals surface area (Å²) in [6.45, 7) is 3.24. The van der Waals surface area contributed by atoms with Crippen LogP contribution < -0.4 is 0 Å². The summed E-state index contributed by atoms with van der Waals surface area (Å²) in [5.74, 6) is -0.0811. The number of piperidine rings is 1. The van der Waals surface area contributed by atoms with Crippen molar-refractivity contribution in [2.45, 2.75) is 24.9 Å². The van der Waals surface area contributed by atoms with E-state index in [2.05, 4.69) is 22.0 Å². The molecule has 4 rings (SSSR count). The zero-order chi connectivity index (χ0) is 20.4. The Morgan fingerprint density at radius 3 is 2.59 bits per heavy atom. The van der Waals surface area contributed by atoms with Crippen LogP contribution in [-0.2, 0) is 16.1 Å². The van der Waals surface area contributed by atoms with Crippen molar-refractivity contribution in [1.29, 1.82) is 0 Å². The second-order valence-corrected chi connectivity index (χ2v) is 8.71. The first-order chi connectivity index (χ1) is 14.0. The number of likely N-dealkylation sites (tertiary alicyclic amines) is 1. The molecular weight excluding hydrogens is 388 g/mol. The standard InChI is InChI=1S/C21H26N4O3S/c1-23-19(26)21(25(20(23)27)12-13-28-2)8-10-24(11-9-21)15-17-14-22-18(29-17)16-6-4-3-5-7-16/h3-7,14H,8-13,15H2,1-2H3. The van der Waals surface area contributed by atoms with E-state index in [0.717, 1.165) is 30.2 Å². The van der Waals surface area contributed by atoms with Gasteiger partial charge in [0.25, 0.3) is 5.91 Å². The van der Waals surface area contributed by atoms with Gasteiger partial charge in [-0.15, -0.1) is 11.3 Å². The number of hydrogen-bond acceptors (Lipinski definition) is 6.